The maximum atomic E-state index is 15.5. The number of carbonyl (C=O) groups excluding carboxylic acids is 1. The first-order valence-corrected chi connectivity index (χ1v) is 16.2. The van der Waals surface area contributed by atoms with Crippen LogP contribution in [-0.4, -0.2) is 72.3 Å². The number of aldehydes is 1. The van der Waals surface area contributed by atoms with Crippen LogP contribution >= 0.6 is 9.24 Å². The van der Waals surface area contributed by atoms with Crippen LogP contribution in [0.15, 0.2) is 48.5 Å². The third-order valence-corrected chi connectivity index (χ3v) is 8.22. The van der Waals surface area contributed by atoms with Gasteiger partial charge in [-0.3, -0.25) is 4.79 Å². The Kier molecular flexibility index (Phi) is 12.4. The van der Waals surface area contributed by atoms with E-state index in [4.69, 9.17) is 14.2 Å². The molecule has 264 valence electrons. The lowest BCUT2D eigenvalue weighted by Crippen LogP contribution is -2.38. The van der Waals surface area contributed by atoms with Crippen LogP contribution in [0.25, 0.3) is 22.2 Å². The Morgan fingerprint density at radius 1 is 1.14 bits per heavy atom. The van der Waals surface area contributed by atoms with Gasteiger partial charge >= 0.3 is 0 Å². The lowest BCUT2D eigenvalue weighted by Gasteiger charge is -2.30. The van der Waals surface area contributed by atoms with Gasteiger partial charge in [-0.1, -0.05) is 9.24 Å². The predicted molar refractivity (Wildman–Crippen MR) is 181 cm³/mol. The first-order valence-electron chi connectivity index (χ1n) is 15.6. The Balaban J connectivity index is 0.000000299. The minimum atomic E-state index is -2.83. The Bertz CT molecular complexity index is 1750. The number of nitrogens with zero attached hydrogens (tertiary/aromatic N) is 3. The van der Waals surface area contributed by atoms with Gasteiger partial charge in [0.1, 0.15) is 34.7 Å². The minimum absolute atomic E-state index is 0.0271. The summed E-state index contributed by atoms with van der Waals surface area (Å²) in [5.74, 6) is -0.595. The van der Waals surface area contributed by atoms with Crippen molar-refractivity contribution in [1.82, 2.24) is 20.5 Å². The number of aliphatic hydroxyl groups is 1. The molecule has 2 N–H and O–H groups in total. The summed E-state index contributed by atoms with van der Waals surface area (Å²) in [4.78, 5) is 15.3. The number of alkyl halides is 2. The summed E-state index contributed by atoms with van der Waals surface area (Å²) < 4.78 is 72.0. The van der Waals surface area contributed by atoms with E-state index in [1.54, 1.807) is 26.3 Å². The molecule has 0 saturated carbocycles. The Labute approximate surface area is 285 Å². The van der Waals surface area contributed by atoms with E-state index < -0.39 is 28.5 Å². The van der Waals surface area contributed by atoms with E-state index in [0.717, 1.165) is 17.4 Å². The van der Waals surface area contributed by atoms with E-state index >= 15 is 4.39 Å². The number of fused-ring (bicyclic) bond motifs is 1. The number of halogens is 4. The molecule has 2 aromatic carbocycles. The van der Waals surface area contributed by atoms with Crippen molar-refractivity contribution in [3.8, 4) is 17.0 Å². The number of likely N-dealkylation sites (N-methyl/N-ethyl adjacent to an activating group) is 1. The first kappa shape index (κ1) is 38.2. The molecule has 9 nitrogen and oxygen atoms in total. The fourth-order valence-electron chi connectivity index (χ4n) is 5.56. The Hall–Kier alpha value is -3.61. The SMILES string of the molecule is CNC[C@@]1(c2cc(C(C)(C)O)c(F)c(-c3ccc(F)cc3)n2)CC(OCCCC(F)(F)P)CO1.COc1cc(C=O)cc2cc(C)nnc12. The maximum absolute atomic E-state index is 15.5. The van der Waals surface area contributed by atoms with Crippen molar-refractivity contribution in [3.63, 3.8) is 0 Å². The van der Waals surface area contributed by atoms with Gasteiger partial charge in [0.2, 0.25) is 0 Å². The molecule has 0 aliphatic carbocycles. The molecule has 0 radical (unpaired) electrons. The largest absolute Gasteiger partial charge is 0.494 e. The molecule has 49 heavy (non-hydrogen) atoms. The zero-order chi connectivity index (χ0) is 36.0. The highest BCUT2D eigenvalue weighted by atomic mass is 31.0. The van der Waals surface area contributed by atoms with Crippen molar-refractivity contribution in [1.29, 1.82) is 0 Å². The molecule has 3 atom stereocenters. The van der Waals surface area contributed by atoms with Crippen LogP contribution in [0.2, 0.25) is 0 Å². The molecule has 0 amide bonds. The van der Waals surface area contributed by atoms with Gasteiger partial charge in [0.25, 0.3) is 5.66 Å². The van der Waals surface area contributed by atoms with Crippen LogP contribution in [0.3, 0.4) is 0 Å². The number of aryl methyl sites for hydroxylation is 1. The molecule has 5 rings (SSSR count). The molecular formula is C35H41F4N4O5P. The fraction of sp³-hybridized carbons (Fsp3) is 0.429. The summed E-state index contributed by atoms with van der Waals surface area (Å²) >= 11 is 0. The molecule has 14 heteroatoms. The van der Waals surface area contributed by atoms with Gasteiger partial charge in [-0.25, -0.2) is 22.5 Å². The summed E-state index contributed by atoms with van der Waals surface area (Å²) in [6.45, 7) is 5.48. The second-order valence-corrected chi connectivity index (χ2v) is 13.3. The maximum Gasteiger partial charge on any atom is 0.259 e. The summed E-state index contributed by atoms with van der Waals surface area (Å²) in [5.41, 5.74) is -2.52. The predicted octanol–water partition coefficient (Wildman–Crippen LogP) is 6.48. The van der Waals surface area contributed by atoms with Gasteiger partial charge in [0, 0.05) is 48.1 Å². The van der Waals surface area contributed by atoms with Crippen LogP contribution in [0.4, 0.5) is 17.6 Å². The topological polar surface area (TPSA) is 116 Å². The number of methoxy groups -OCH3 is 1. The Morgan fingerprint density at radius 3 is 2.47 bits per heavy atom. The quantitative estimate of drug-likeness (QED) is 0.0740. The Morgan fingerprint density at radius 2 is 1.86 bits per heavy atom. The lowest BCUT2D eigenvalue weighted by atomic mass is 9.88. The number of pyridine rings is 1. The second-order valence-electron chi connectivity index (χ2n) is 12.4. The normalized spacial score (nSPS) is 17.9. The van der Waals surface area contributed by atoms with E-state index in [9.17, 15) is 23.1 Å². The van der Waals surface area contributed by atoms with Crippen LogP contribution in [-0.2, 0) is 20.7 Å². The number of benzene rings is 2. The molecule has 0 spiro atoms. The van der Waals surface area contributed by atoms with Crippen molar-refractivity contribution < 1.29 is 41.7 Å². The number of nitrogens with one attached hydrogen (secondary N) is 1. The van der Waals surface area contributed by atoms with Gasteiger partial charge < -0.3 is 24.6 Å². The lowest BCUT2D eigenvalue weighted by molar-refractivity contribution is -0.0102. The number of aromatic nitrogens is 3. The van der Waals surface area contributed by atoms with Gasteiger partial charge in [-0.05, 0) is 82.8 Å². The molecule has 1 saturated heterocycles. The van der Waals surface area contributed by atoms with Crippen molar-refractivity contribution in [3.05, 3.63) is 82.7 Å². The summed E-state index contributed by atoms with van der Waals surface area (Å²) in [7, 11) is 4.80. The van der Waals surface area contributed by atoms with E-state index in [1.807, 2.05) is 13.0 Å². The average molecular weight is 705 g/mol. The molecule has 1 fully saturated rings. The third-order valence-electron chi connectivity index (χ3n) is 7.93. The number of ether oxygens (including phenoxy) is 3. The number of hydrogen-bond acceptors (Lipinski definition) is 9. The standard InChI is InChI=1S/C24H31F4N2O3P.C11H10N2O2/c1-22(2,31)18-11-19(30-21(20(18)26)15-5-7-16(25)8-6-15)23(14-29-3)12-17(13-33-23)32-10-4-9-24(27,28)34;1-7-3-9-4-8(6-14)5-10(15-2)11(9)13-12-7/h5-8,11,17,29,31H,4,9-10,12-14,34H2,1-3H3;3-6H,1-2H3/t17?,23-;/m1./s1. The summed E-state index contributed by atoms with van der Waals surface area (Å²) in [6, 6.07) is 12.1. The van der Waals surface area contributed by atoms with Crippen molar-refractivity contribution >= 4 is 26.4 Å². The summed E-state index contributed by atoms with van der Waals surface area (Å²) in [5, 5.41) is 22.6. The number of rotatable bonds is 12. The number of carbonyl (C=O) groups is 1. The zero-order valence-electron chi connectivity index (χ0n) is 28.0. The van der Waals surface area contributed by atoms with Crippen molar-refractivity contribution in [2.45, 2.75) is 63.0 Å². The van der Waals surface area contributed by atoms with E-state index in [1.165, 1.54) is 53.4 Å². The fourth-order valence-corrected chi connectivity index (χ4v) is 5.77. The second kappa shape index (κ2) is 15.9. The van der Waals surface area contributed by atoms with Gasteiger partial charge in [0.15, 0.2) is 5.82 Å². The average Bonchev–Trinajstić information content (AvgIpc) is 3.46. The summed E-state index contributed by atoms with van der Waals surface area (Å²) in [6.07, 6.45) is 0.675. The molecule has 0 bridgehead atoms. The molecule has 2 aromatic heterocycles. The highest BCUT2D eigenvalue weighted by Gasteiger charge is 2.44. The van der Waals surface area contributed by atoms with Crippen LogP contribution in [0, 0.1) is 18.6 Å². The van der Waals surface area contributed by atoms with E-state index in [-0.39, 0.29) is 43.4 Å². The van der Waals surface area contributed by atoms with Crippen molar-refractivity contribution in [2.75, 3.05) is 33.9 Å². The molecule has 4 aromatic rings. The van der Waals surface area contributed by atoms with Crippen LogP contribution in [0.1, 0.15) is 60.4 Å². The van der Waals surface area contributed by atoms with E-state index in [2.05, 4.69) is 20.5 Å². The van der Waals surface area contributed by atoms with Crippen LogP contribution in [0.5, 0.6) is 5.75 Å². The first-order chi connectivity index (χ1) is 23.1. The minimum Gasteiger partial charge on any atom is -0.494 e. The highest BCUT2D eigenvalue weighted by Crippen LogP contribution is 2.40. The molecular weight excluding hydrogens is 663 g/mol. The monoisotopic (exact) mass is 704 g/mol. The molecule has 3 heterocycles. The third kappa shape index (κ3) is 9.76. The van der Waals surface area contributed by atoms with Gasteiger partial charge in [-0.15, -0.1) is 5.10 Å². The number of hydrogen-bond donors (Lipinski definition) is 2. The van der Waals surface area contributed by atoms with Crippen LogP contribution < -0.4 is 10.1 Å². The molecule has 1 aliphatic heterocycles. The highest BCUT2D eigenvalue weighted by molar-refractivity contribution is 7.18. The van der Waals surface area contributed by atoms with E-state index in [0.29, 0.717) is 41.1 Å². The molecule has 2 unspecified atom stereocenters. The zero-order valence-corrected chi connectivity index (χ0v) is 29.2. The molecule has 1 aliphatic rings. The van der Waals surface area contributed by atoms with Crippen molar-refractivity contribution in [2.24, 2.45) is 0 Å². The van der Waals surface area contributed by atoms with Gasteiger partial charge in [0.05, 0.1) is 36.8 Å². The smallest absolute Gasteiger partial charge is 0.259 e. The van der Waals surface area contributed by atoms with Gasteiger partial charge in [-0.2, -0.15) is 5.10 Å².